The second-order valence-corrected chi connectivity index (χ2v) is 4.37. The molecule has 1 aromatic carbocycles. The topological polar surface area (TPSA) is 60.7 Å². The largest absolute Gasteiger partial charge is 0.481 e. The smallest absolute Gasteiger partial charge is 0.305 e. The normalized spacial score (nSPS) is 13.2. The summed E-state index contributed by atoms with van der Waals surface area (Å²) in [5.41, 5.74) is 2.09. The Balaban J connectivity index is 2.07. The molecule has 1 aliphatic rings. The van der Waals surface area contributed by atoms with E-state index in [0.29, 0.717) is 6.54 Å². The van der Waals surface area contributed by atoms with Crippen molar-refractivity contribution in [3.05, 3.63) is 23.9 Å². The van der Waals surface area contributed by atoms with Gasteiger partial charge in [-0.05, 0) is 18.6 Å². The number of hydrogen-bond donors (Lipinski definition) is 1. The van der Waals surface area contributed by atoms with E-state index >= 15 is 0 Å². The van der Waals surface area contributed by atoms with Crippen molar-refractivity contribution in [2.45, 2.75) is 19.9 Å². The maximum Gasteiger partial charge on any atom is 0.305 e. The van der Waals surface area contributed by atoms with Gasteiger partial charge in [-0.2, -0.15) is 0 Å². The van der Waals surface area contributed by atoms with Crippen molar-refractivity contribution in [2.24, 2.45) is 0 Å². The number of carbonyl (C=O) groups is 1. The van der Waals surface area contributed by atoms with E-state index in [9.17, 15) is 4.79 Å². The van der Waals surface area contributed by atoms with E-state index in [1.165, 1.54) is 0 Å². The molecule has 0 saturated carbocycles. The van der Waals surface area contributed by atoms with E-state index in [1.807, 2.05) is 29.8 Å². The number of nitrogens with zero attached hydrogens (tertiary/aromatic N) is 1. The average molecular weight is 247 g/mol. The molecule has 0 aliphatic carbocycles. The monoisotopic (exact) mass is 247 g/mol. The van der Waals surface area contributed by atoms with E-state index in [4.69, 9.17) is 14.6 Å². The lowest BCUT2D eigenvalue weighted by Gasteiger charge is -2.03. The number of ether oxygens (including phenoxy) is 2. The highest BCUT2D eigenvalue weighted by Gasteiger charge is 2.17. The highest BCUT2D eigenvalue weighted by atomic mass is 16.7. The van der Waals surface area contributed by atoms with Gasteiger partial charge in [-0.25, -0.2) is 0 Å². The van der Waals surface area contributed by atoms with Crippen LogP contribution in [0.1, 0.15) is 12.0 Å². The maximum atomic E-state index is 10.6. The zero-order valence-corrected chi connectivity index (χ0v) is 9.97. The molecule has 0 saturated heterocycles. The van der Waals surface area contributed by atoms with Gasteiger partial charge in [0, 0.05) is 24.2 Å². The van der Waals surface area contributed by atoms with Crippen LogP contribution in [0.15, 0.2) is 18.3 Å². The van der Waals surface area contributed by atoms with Gasteiger partial charge in [0.2, 0.25) is 6.79 Å². The fraction of sp³-hybridized carbons (Fsp3) is 0.308. The number of hydrogen-bond acceptors (Lipinski definition) is 3. The maximum absolute atomic E-state index is 10.6. The first-order valence-corrected chi connectivity index (χ1v) is 5.76. The van der Waals surface area contributed by atoms with Crippen LogP contribution in [0.3, 0.4) is 0 Å². The van der Waals surface area contributed by atoms with Gasteiger partial charge in [0.05, 0.1) is 11.9 Å². The third-order valence-electron chi connectivity index (χ3n) is 3.14. The minimum Gasteiger partial charge on any atom is -0.481 e. The lowest BCUT2D eigenvalue weighted by Crippen LogP contribution is -2.03. The number of aromatic nitrogens is 1. The molecule has 18 heavy (non-hydrogen) atoms. The molecule has 0 bridgehead atoms. The Hall–Kier alpha value is -2.17. The first-order valence-electron chi connectivity index (χ1n) is 5.76. The molecule has 0 amide bonds. The predicted octanol–water partition coefficient (Wildman–Crippen LogP) is 2.15. The van der Waals surface area contributed by atoms with Crippen LogP contribution < -0.4 is 9.47 Å². The summed E-state index contributed by atoms with van der Waals surface area (Å²) in [6.45, 7) is 2.71. The third kappa shape index (κ3) is 1.68. The predicted molar refractivity (Wildman–Crippen MR) is 65.1 cm³/mol. The Labute approximate surface area is 104 Å². The van der Waals surface area contributed by atoms with Crippen LogP contribution in [0.5, 0.6) is 11.5 Å². The van der Waals surface area contributed by atoms with Gasteiger partial charge in [-0.15, -0.1) is 0 Å². The van der Waals surface area contributed by atoms with Crippen LogP contribution in [-0.4, -0.2) is 22.4 Å². The molecule has 5 nitrogen and oxygen atoms in total. The molecule has 94 valence electrons. The molecule has 1 aromatic heterocycles. The molecule has 0 spiro atoms. The SMILES string of the molecule is Cc1cn(CCC(=O)O)c2cc3c(cc12)OCO3. The average Bonchev–Trinajstić information content (AvgIpc) is 2.89. The van der Waals surface area contributed by atoms with Crippen molar-refractivity contribution in [1.29, 1.82) is 0 Å². The molecule has 3 rings (SSSR count). The van der Waals surface area contributed by atoms with E-state index in [2.05, 4.69) is 0 Å². The number of carboxylic acid groups (broad SMARTS) is 1. The van der Waals surface area contributed by atoms with Crippen molar-refractivity contribution in [3.63, 3.8) is 0 Å². The summed E-state index contributed by atoms with van der Waals surface area (Å²) in [4.78, 5) is 10.6. The van der Waals surface area contributed by atoms with Crippen molar-refractivity contribution in [3.8, 4) is 11.5 Å². The van der Waals surface area contributed by atoms with Crippen LogP contribution in [0.25, 0.3) is 10.9 Å². The minimum absolute atomic E-state index is 0.109. The number of fused-ring (bicyclic) bond motifs is 2. The Morgan fingerprint density at radius 2 is 2.11 bits per heavy atom. The van der Waals surface area contributed by atoms with Gasteiger partial charge in [-0.1, -0.05) is 0 Å². The van der Waals surface area contributed by atoms with Gasteiger partial charge in [0.1, 0.15) is 0 Å². The zero-order chi connectivity index (χ0) is 12.7. The van der Waals surface area contributed by atoms with E-state index in [1.54, 1.807) is 0 Å². The molecule has 0 atom stereocenters. The first kappa shape index (κ1) is 11.0. The number of benzene rings is 1. The minimum atomic E-state index is -0.796. The fourth-order valence-corrected chi connectivity index (χ4v) is 2.26. The number of carboxylic acids is 1. The molecule has 0 fully saturated rings. The Morgan fingerprint density at radius 1 is 1.39 bits per heavy atom. The summed E-state index contributed by atoms with van der Waals surface area (Å²) >= 11 is 0. The standard InChI is InChI=1S/C13H13NO4/c1-8-6-14(3-2-13(15)16)10-5-12-11(4-9(8)10)17-7-18-12/h4-6H,2-3,7H2,1H3,(H,15,16). The van der Waals surface area contributed by atoms with Crippen LogP contribution in [0.4, 0.5) is 0 Å². The van der Waals surface area contributed by atoms with Gasteiger partial charge in [-0.3, -0.25) is 4.79 Å². The zero-order valence-electron chi connectivity index (χ0n) is 9.97. The lowest BCUT2D eigenvalue weighted by molar-refractivity contribution is -0.137. The quantitative estimate of drug-likeness (QED) is 0.902. The van der Waals surface area contributed by atoms with Crippen molar-refractivity contribution < 1.29 is 19.4 Å². The molecule has 2 aromatic rings. The number of rotatable bonds is 3. The van der Waals surface area contributed by atoms with Crippen molar-refractivity contribution in [2.75, 3.05) is 6.79 Å². The van der Waals surface area contributed by atoms with Crippen LogP contribution >= 0.6 is 0 Å². The second-order valence-electron chi connectivity index (χ2n) is 4.37. The highest BCUT2D eigenvalue weighted by Crippen LogP contribution is 2.37. The van der Waals surface area contributed by atoms with E-state index in [-0.39, 0.29) is 13.2 Å². The Morgan fingerprint density at radius 3 is 2.83 bits per heavy atom. The summed E-state index contributed by atoms with van der Waals surface area (Å²) in [5.74, 6) is 0.675. The molecule has 2 heterocycles. The van der Waals surface area contributed by atoms with Gasteiger partial charge in [0.25, 0.3) is 0 Å². The number of aryl methyl sites for hydroxylation is 2. The molecular formula is C13H13NO4. The van der Waals surface area contributed by atoms with Gasteiger partial charge < -0.3 is 19.1 Å². The summed E-state index contributed by atoms with van der Waals surface area (Å²) in [6, 6.07) is 3.86. The van der Waals surface area contributed by atoms with E-state index in [0.717, 1.165) is 28.0 Å². The first-order chi connectivity index (χ1) is 8.65. The van der Waals surface area contributed by atoms with Crippen LogP contribution in [0, 0.1) is 6.92 Å². The molecule has 1 N–H and O–H groups in total. The summed E-state index contributed by atoms with van der Waals surface area (Å²) < 4.78 is 12.6. The van der Waals surface area contributed by atoms with E-state index < -0.39 is 5.97 Å². The van der Waals surface area contributed by atoms with Crippen molar-refractivity contribution >= 4 is 16.9 Å². The number of aliphatic carboxylic acids is 1. The van der Waals surface area contributed by atoms with Crippen LogP contribution in [0.2, 0.25) is 0 Å². The molecule has 1 aliphatic heterocycles. The van der Waals surface area contributed by atoms with Gasteiger partial charge >= 0.3 is 5.97 Å². The Kier molecular flexibility index (Phi) is 2.40. The fourth-order valence-electron chi connectivity index (χ4n) is 2.26. The summed E-state index contributed by atoms with van der Waals surface area (Å²) in [7, 11) is 0. The van der Waals surface area contributed by atoms with Crippen LogP contribution in [-0.2, 0) is 11.3 Å². The summed E-state index contributed by atoms with van der Waals surface area (Å²) in [6.07, 6.45) is 2.07. The van der Waals surface area contributed by atoms with Gasteiger partial charge in [0.15, 0.2) is 11.5 Å². The lowest BCUT2D eigenvalue weighted by atomic mass is 10.2. The molecule has 5 heteroatoms. The summed E-state index contributed by atoms with van der Waals surface area (Å²) in [5, 5.41) is 9.82. The highest BCUT2D eigenvalue weighted by molar-refractivity contribution is 5.87. The molecular weight excluding hydrogens is 234 g/mol. The molecule has 0 unspecified atom stereocenters. The Bertz CT molecular complexity index is 629. The molecule has 0 radical (unpaired) electrons. The second kappa shape index (κ2) is 3.94. The van der Waals surface area contributed by atoms with Crippen molar-refractivity contribution in [1.82, 2.24) is 4.57 Å². The third-order valence-corrected chi connectivity index (χ3v) is 3.14.